The highest BCUT2D eigenvalue weighted by atomic mass is 16.3. The first-order chi connectivity index (χ1) is 11.9. The molecule has 1 saturated heterocycles. The number of aliphatic hydroxyl groups excluding tert-OH is 1. The van der Waals surface area contributed by atoms with E-state index >= 15 is 0 Å². The van der Waals surface area contributed by atoms with Crippen molar-refractivity contribution in [2.75, 3.05) is 13.1 Å². The molecule has 136 valence electrons. The monoisotopic (exact) mass is 345 g/mol. The van der Waals surface area contributed by atoms with E-state index in [0.717, 1.165) is 29.2 Å². The fraction of sp³-hybridized carbons (Fsp3) is 0.611. The molecule has 25 heavy (non-hydrogen) atoms. The number of nitrogens with zero attached hydrogens (tertiary/aromatic N) is 4. The number of aryl methyl sites for hydroxylation is 2. The van der Waals surface area contributed by atoms with Gasteiger partial charge in [-0.25, -0.2) is 0 Å². The third-order valence-electron chi connectivity index (χ3n) is 5.16. The van der Waals surface area contributed by atoms with Gasteiger partial charge in [0.25, 0.3) is 0 Å². The largest absolute Gasteiger partial charge is 0.391 e. The number of H-pyrrole nitrogens is 1. The molecule has 0 radical (unpaired) electrons. The van der Waals surface area contributed by atoms with Gasteiger partial charge in [-0.3, -0.25) is 14.6 Å². The lowest BCUT2D eigenvalue weighted by molar-refractivity contribution is -0.131. The quantitative estimate of drug-likeness (QED) is 0.851. The van der Waals surface area contributed by atoms with Crippen LogP contribution in [0.5, 0.6) is 0 Å². The second-order valence-electron chi connectivity index (χ2n) is 7.03. The fourth-order valence-electron chi connectivity index (χ4n) is 3.73. The van der Waals surface area contributed by atoms with Gasteiger partial charge in [-0.15, -0.1) is 0 Å². The number of amides is 1. The molecule has 0 saturated carbocycles. The molecule has 7 heteroatoms. The molecule has 3 heterocycles. The molecule has 2 aromatic rings. The molecule has 1 aliphatic rings. The van der Waals surface area contributed by atoms with Crippen molar-refractivity contribution in [3.05, 3.63) is 34.4 Å². The third kappa shape index (κ3) is 3.61. The summed E-state index contributed by atoms with van der Waals surface area (Å²) < 4.78 is 1.78. The highest BCUT2D eigenvalue weighted by Gasteiger charge is 2.34. The van der Waals surface area contributed by atoms with Gasteiger partial charge in [0, 0.05) is 30.4 Å². The summed E-state index contributed by atoms with van der Waals surface area (Å²) in [6, 6.07) is 1.99. The first-order valence-electron chi connectivity index (χ1n) is 8.88. The van der Waals surface area contributed by atoms with Gasteiger partial charge in [-0.2, -0.15) is 10.2 Å². The Balaban J connectivity index is 1.63. The Morgan fingerprint density at radius 1 is 1.36 bits per heavy atom. The molecule has 1 aliphatic heterocycles. The predicted molar refractivity (Wildman–Crippen MR) is 94.2 cm³/mol. The molecule has 0 unspecified atom stereocenters. The Morgan fingerprint density at radius 3 is 2.72 bits per heavy atom. The lowest BCUT2D eigenvalue weighted by Crippen LogP contribution is -2.33. The lowest BCUT2D eigenvalue weighted by atomic mass is 10.0. The number of aliphatic hydroxyl groups is 1. The number of nitrogens with one attached hydrogen (secondary N) is 1. The van der Waals surface area contributed by atoms with Crippen molar-refractivity contribution < 1.29 is 9.90 Å². The summed E-state index contributed by atoms with van der Waals surface area (Å²) in [5, 5.41) is 22.0. The molecule has 3 rings (SSSR count). The number of rotatable bonds is 5. The van der Waals surface area contributed by atoms with E-state index in [1.54, 1.807) is 9.58 Å². The number of β-amino-alcohol motifs (C(OH)–C–C–N with tert-alkyl or cyclic N) is 1. The van der Waals surface area contributed by atoms with Crippen molar-refractivity contribution in [1.82, 2.24) is 24.9 Å². The van der Waals surface area contributed by atoms with E-state index in [4.69, 9.17) is 0 Å². The first kappa shape index (κ1) is 17.7. The van der Waals surface area contributed by atoms with Crippen molar-refractivity contribution in [2.24, 2.45) is 5.92 Å². The van der Waals surface area contributed by atoms with Crippen molar-refractivity contribution in [3.63, 3.8) is 0 Å². The summed E-state index contributed by atoms with van der Waals surface area (Å²) in [6.07, 6.45) is 1.09. The summed E-state index contributed by atoms with van der Waals surface area (Å²) in [7, 11) is 0. The van der Waals surface area contributed by atoms with Crippen LogP contribution in [0.25, 0.3) is 0 Å². The molecule has 7 nitrogen and oxygen atoms in total. The van der Waals surface area contributed by atoms with Gasteiger partial charge >= 0.3 is 0 Å². The normalized spacial score (nSPS) is 20.4. The average molecular weight is 345 g/mol. The number of hydrogen-bond donors (Lipinski definition) is 2. The highest BCUT2D eigenvalue weighted by molar-refractivity contribution is 5.76. The van der Waals surface area contributed by atoms with Gasteiger partial charge in [0.15, 0.2) is 0 Å². The molecule has 2 aromatic heterocycles. The van der Waals surface area contributed by atoms with Crippen molar-refractivity contribution >= 4 is 5.91 Å². The molecular formula is C18H27N5O2. The van der Waals surface area contributed by atoms with Gasteiger partial charge in [0.05, 0.1) is 17.5 Å². The van der Waals surface area contributed by atoms with Crippen LogP contribution >= 0.6 is 0 Å². The lowest BCUT2D eigenvalue weighted by Gasteiger charge is -2.16. The molecular weight excluding hydrogens is 318 g/mol. The summed E-state index contributed by atoms with van der Waals surface area (Å²) in [5.41, 5.74) is 5.19. The van der Waals surface area contributed by atoms with Crippen LogP contribution < -0.4 is 0 Å². The Hall–Kier alpha value is -2.15. The van der Waals surface area contributed by atoms with E-state index in [9.17, 15) is 9.90 Å². The van der Waals surface area contributed by atoms with Crippen LogP contribution in [0.4, 0.5) is 0 Å². The minimum Gasteiger partial charge on any atom is -0.391 e. The van der Waals surface area contributed by atoms with Crippen LogP contribution in [0.1, 0.15) is 35.3 Å². The fourth-order valence-corrected chi connectivity index (χ4v) is 3.73. The maximum absolute atomic E-state index is 12.7. The van der Waals surface area contributed by atoms with Gasteiger partial charge in [-0.1, -0.05) is 6.92 Å². The number of carbonyl (C=O) groups excluding carboxylic acids is 1. The van der Waals surface area contributed by atoms with E-state index in [1.807, 2.05) is 26.8 Å². The van der Waals surface area contributed by atoms with Crippen LogP contribution in [0, 0.1) is 26.7 Å². The Morgan fingerprint density at radius 2 is 2.12 bits per heavy atom. The maximum atomic E-state index is 12.7. The first-order valence-corrected chi connectivity index (χ1v) is 8.88. The summed E-state index contributed by atoms with van der Waals surface area (Å²) in [6.45, 7) is 9.21. The van der Waals surface area contributed by atoms with Crippen LogP contribution in [0.3, 0.4) is 0 Å². The average Bonchev–Trinajstić information content (AvgIpc) is 3.20. The van der Waals surface area contributed by atoms with Crippen LogP contribution in [-0.4, -0.2) is 55.1 Å². The van der Waals surface area contributed by atoms with Crippen molar-refractivity contribution in [2.45, 2.75) is 53.2 Å². The number of carbonyl (C=O) groups is 1. The van der Waals surface area contributed by atoms with E-state index in [-0.39, 0.29) is 18.4 Å². The van der Waals surface area contributed by atoms with Crippen molar-refractivity contribution in [1.29, 1.82) is 0 Å². The second-order valence-corrected chi connectivity index (χ2v) is 7.03. The predicted octanol–water partition coefficient (Wildman–Crippen LogP) is 1.16. The molecule has 2 atom stereocenters. The van der Waals surface area contributed by atoms with Gasteiger partial charge in [0.1, 0.15) is 6.54 Å². The van der Waals surface area contributed by atoms with Gasteiger partial charge in [0.2, 0.25) is 5.91 Å². The Kier molecular flexibility index (Phi) is 4.94. The van der Waals surface area contributed by atoms with Crippen LogP contribution in [0.2, 0.25) is 0 Å². The zero-order chi connectivity index (χ0) is 18.1. The second kappa shape index (κ2) is 7.00. The summed E-state index contributed by atoms with van der Waals surface area (Å²) in [5.74, 6) is 0.0336. The summed E-state index contributed by atoms with van der Waals surface area (Å²) >= 11 is 0. The zero-order valence-corrected chi connectivity index (χ0v) is 15.4. The molecule has 0 aromatic carbocycles. The van der Waals surface area contributed by atoms with Crippen molar-refractivity contribution in [3.8, 4) is 0 Å². The molecule has 2 N–H and O–H groups in total. The maximum Gasteiger partial charge on any atom is 0.244 e. The zero-order valence-electron chi connectivity index (χ0n) is 15.4. The molecule has 0 spiro atoms. The minimum absolute atomic E-state index is 0.00742. The van der Waals surface area contributed by atoms with Gasteiger partial charge < -0.3 is 10.0 Å². The highest BCUT2D eigenvalue weighted by Crippen LogP contribution is 2.22. The van der Waals surface area contributed by atoms with Gasteiger partial charge in [-0.05, 0) is 45.2 Å². The standard InChI is InChI=1S/C18H27N5O2/c1-5-16-12(3)21-23(13(16)4)10-18(25)22-8-14(17(24)9-22)7-15-6-11(2)19-20-15/h6,14,17,24H,5,7-10H2,1-4H3,(H,19,20)/t14-,17-/m1/s1. The third-order valence-corrected chi connectivity index (χ3v) is 5.16. The van der Waals surface area contributed by atoms with E-state index in [2.05, 4.69) is 22.2 Å². The Labute approximate surface area is 148 Å². The van der Waals surface area contributed by atoms with E-state index in [0.29, 0.717) is 19.5 Å². The Bertz CT molecular complexity index is 764. The minimum atomic E-state index is -0.507. The molecule has 1 fully saturated rings. The van der Waals surface area contributed by atoms with Crippen LogP contribution in [-0.2, 0) is 24.2 Å². The topological polar surface area (TPSA) is 87.0 Å². The molecule has 0 bridgehead atoms. The van der Waals surface area contributed by atoms with E-state index < -0.39 is 6.10 Å². The smallest absolute Gasteiger partial charge is 0.244 e. The SMILES string of the molecule is CCc1c(C)nn(CC(=O)N2C[C@@H](Cc3cc(C)[nH]n3)[C@H](O)C2)c1C. The number of aromatic amines is 1. The summed E-state index contributed by atoms with van der Waals surface area (Å²) in [4.78, 5) is 14.4. The van der Waals surface area contributed by atoms with E-state index in [1.165, 1.54) is 5.56 Å². The molecule has 1 amide bonds. The number of hydrogen-bond acceptors (Lipinski definition) is 4. The number of likely N-dealkylation sites (tertiary alicyclic amines) is 1. The molecule has 0 aliphatic carbocycles. The number of aromatic nitrogens is 4. The van der Waals surface area contributed by atoms with Crippen LogP contribution in [0.15, 0.2) is 6.07 Å².